The lowest BCUT2D eigenvalue weighted by atomic mass is 9.98. The lowest BCUT2D eigenvalue weighted by Crippen LogP contribution is -2.39. The number of benzene rings is 1. The topological polar surface area (TPSA) is 49.3 Å². The Bertz CT molecular complexity index is 483. The maximum atomic E-state index is 12.5. The molecule has 1 rings (SSSR count). The molecule has 2 N–H and O–H groups in total. The Morgan fingerprint density at radius 1 is 1.18 bits per heavy atom. The highest BCUT2D eigenvalue weighted by atomic mass is 19.4. The number of carboxylic acid groups (broad SMARTS) is 1. The number of carboxylic acids is 1. The average Bonchev–Trinajstić information content (AvgIpc) is 2.41. The molecule has 6 heteroatoms. The van der Waals surface area contributed by atoms with Crippen LogP contribution in [0.25, 0.3) is 0 Å². The molecule has 3 nitrogen and oxygen atoms in total. The molecule has 0 heterocycles. The molecule has 0 aliphatic carbocycles. The maximum absolute atomic E-state index is 12.5. The van der Waals surface area contributed by atoms with Crippen molar-refractivity contribution in [1.29, 1.82) is 0 Å². The predicted octanol–water partition coefficient (Wildman–Crippen LogP) is 3.90. The fourth-order valence-corrected chi connectivity index (χ4v) is 2.18. The highest BCUT2D eigenvalue weighted by molar-refractivity contribution is 5.73. The summed E-state index contributed by atoms with van der Waals surface area (Å²) in [6.45, 7) is 6.13. The van der Waals surface area contributed by atoms with Crippen molar-refractivity contribution in [3.05, 3.63) is 35.4 Å². The highest BCUT2D eigenvalue weighted by Gasteiger charge is 2.30. The van der Waals surface area contributed by atoms with Gasteiger partial charge in [-0.25, -0.2) is 0 Å². The Kier molecular flexibility index (Phi) is 6.41. The number of nitrogens with one attached hydrogen (secondary N) is 1. The van der Waals surface area contributed by atoms with Crippen LogP contribution in [0.15, 0.2) is 24.3 Å². The largest absolute Gasteiger partial charge is 0.480 e. The number of hydrogen-bond acceptors (Lipinski definition) is 2. The van der Waals surface area contributed by atoms with Crippen LogP contribution < -0.4 is 5.32 Å². The van der Waals surface area contributed by atoms with E-state index in [0.29, 0.717) is 13.0 Å². The molecule has 2 unspecified atom stereocenters. The normalized spacial score (nSPS) is 14.9. The number of carbonyl (C=O) groups is 1. The van der Waals surface area contributed by atoms with Gasteiger partial charge in [-0.05, 0) is 36.0 Å². The van der Waals surface area contributed by atoms with E-state index in [4.69, 9.17) is 5.11 Å². The molecule has 0 aromatic heterocycles. The second-order valence-electron chi connectivity index (χ2n) is 5.95. The monoisotopic (exact) mass is 317 g/mol. The summed E-state index contributed by atoms with van der Waals surface area (Å²) in [7, 11) is 0. The van der Waals surface area contributed by atoms with E-state index in [1.165, 1.54) is 12.1 Å². The van der Waals surface area contributed by atoms with E-state index in [0.717, 1.165) is 17.7 Å². The third-order valence-corrected chi connectivity index (χ3v) is 3.48. The molecule has 0 saturated carbocycles. The van der Waals surface area contributed by atoms with Crippen molar-refractivity contribution < 1.29 is 23.1 Å². The molecule has 0 aliphatic rings. The van der Waals surface area contributed by atoms with Crippen LogP contribution in [0, 0.1) is 5.92 Å². The van der Waals surface area contributed by atoms with Gasteiger partial charge in [-0.15, -0.1) is 0 Å². The first-order chi connectivity index (χ1) is 10.1. The minimum atomic E-state index is -4.34. The number of aliphatic carboxylic acids is 1. The van der Waals surface area contributed by atoms with Crippen molar-refractivity contribution in [3.63, 3.8) is 0 Å². The molecule has 22 heavy (non-hydrogen) atoms. The van der Waals surface area contributed by atoms with Crippen LogP contribution >= 0.6 is 0 Å². The molecule has 0 amide bonds. The zero-order valence-electron chi connectivity index (χ0n) is 12.9. The molecular weight excluding hydrogens is 295 g/mol. The fraction of sp³-hybridized carbons (Fsp3) is 0.562. The quantitative estimate of drug-likeness (QED) is 0.802. The Labute approximate surface area is 128 Å². The van der Waals surface area contributed by atoms with Gasteiger partial charge in [-0.1, -0.05) is 32.9 Å². The summed E-state index contributed by atoms with van der Waals surface area (Å²) in [5.41, 5.74) is 0.0637. The zero-order valence-corrected chi connectivity index (χ0v) is 12.9. The fourth-order valence-electron chi connectivity index (χ4n) is 2.18. The Hall–Kier alpha value is -1.56. The summed E-state index contributed by atoms with van der Waals surface area (Å²) < 4.78 is 37.5. The minimum Gasteiger partial charge on any atom is -0.480 e. The van der Waals surface area contributed by atoms with Crippen LogP contribution in [0.5, 0.6) is 0 Å². The van der Waals surface area contributed by atoms with Gasteiger partial charge in [0, 0.05) is 6.54 Å². The summed E-state index contributed by atoms with van der Waals surface area (Å²) in [5, 5.41) is 12.1. The predicted molar refractivity (Wildman–Crippen MR) is 78.7 cm³/mol. The van der Waals surface area contributed by atoms with Crippen LogP contribution in [0.4, 0.5) is 13.2 Å². The van der Waals surface area contributed by atoms with Crippen molar-refractivity contribution in [2.24, 2.45) is 5.92 Å². The molecule has 2 atom stereocenters. The number of hydrogen-bond donors (Lipinski definition) is 2. The first-order valence-corrected chi connectivity index (χ1v) is 7.24. The molecule has 0 radical (unpaired) electrons. The Morgan fingerprint density at radius 2 is 1.73 bits per heavy atom. The van der Waals surface area contributed by atoms with Crippen LogP contribution in [0.1, 0.15) is 44.2 Å². The Balaban J connectivity index is 2.64. The zero-order chi connectivity index (χ0) is 16.9. The van der Waals surface area contributed by atoms with Gasteiger partial charge in [0.05, 0.1) is 5.56 Å². The summed E-state index contributed by atoms with van der Waals surface area (Å²) >= 11 is 0. The molecule has 0 aliphatic heterocycles. The molecule has 0 fully saturated rings. The van der Waals surface area contributed by atoms with Crippen molar-refractivity contribution >= 4 is 5.97 Å². The van der Waals surface area contributed by atoms with Gasteiger partial charge in [0.25, 0.3) is 0 Å². The van der Waals surface area contributed by atoms with Crippen LogP contribution in [-0.4, -0.2) is 23.7 Å². The number of alkyl halides is 3. The van der Waals surface area contributed by atoms with Gasteiger partial charge in [0.15, 0.2) is 0 Å². The molecule has 124 valence electrons. The summed E-state index contributed by atoms with van der Waals surface area (Å²) in [4.78, 5) is 11.2. The summed E-state index contributed by atoms with van der Waals surface area (Å²) in [6, 6.07) is 4.33. The molecule has 0 saturated heterocycles. The van der Waals surface area contributed by atoms with E-state index in [-0.39, 0.29) is 11.8 Å². The third kappa shape index (κ3) is 5.67. The Morgan fingerprint density at radius 3 is 2.14 bits per heavy atom. The molecular formula is C16H22F3NO2. The highest BCUT2D eigenvalue weighted by Crippen LogP contribution is 2.30. The van der Waals surface area contributed by atoms with E-state index in [9.17, 15) is 18.0 Å². The van der Waals surface area contributed by atoms with Gasteiger partial charge in [0.1, 0.15) is 6.04 Å². The third-order valence-electron chi connectivity index (χ3n) is 3.48. The van der Waals surface area contributed by atoms with Crippen LogP contribution in [0.3, 0.4) is 0 Å². The summed E-state index contributed by atoms with van der Waals surface area (Å²) in [5.74, 6) is -0.736. The van der Waals surface area contributed by atoms with Crippen molar-refractivity contribution in [2.45, 2.75) is 45.3 Å². The summed E-state index contributed by atoms with van der Waals surface area (Å²) in [6.07, 6.45) is -3.83. The van der Waals surface area contributed by atoms with E-state index >= 15 is 0 Å². The second-order valence-corrected chi connectivity index (χ2v) is 5.95. The van der Waals surface area contributed by atoms with Gasteiger partial charge >= 0.3 is 12.1 Å². The van der Waals surface area contributed by atoms with E-state index in [1.54, 1.807) is 0 Å². The maximum Gasteiger partial charge on any atom is 0.416 e. The molecule has 1 aromatic rings. The van der Waals surface area contributed by atoms with Gasteiger partial charge in [-0.2, -0.15) is 13.2 Å². The van der Waals surface area contributed by atoms with E-state index < -0.39 is 23.8 Å². The lowest BCUT2D eigenvalue weighted by molar-refractivity contribution is -0.140. The smallest absolute Gasteiger partial charge is 0.416 e. The first kappa shape index (κ1) is 18.5. The van der Waals surface area contributed by atoms with Crippen molar-refractivity contribution in [3.8, 4) is 0 Å². The second kappa shape index (κ2) is 7.63. The van der Waals surface area contributed by atoms with Gasteiger partial charge in [-0.3, -0.25) is 4.79 Å². The van der Waals surface area contributed by atoms with Crippen LogP contribution in [0.2, 0.25) is 0 Å². The van der Waals surface area contributed by atoms with Gasteiger partial charge < -0.3 is 10.4 Å². The SMILES string of the molecule is CC(C)CC(NCC(C)c1ccc(C(F)(F)F)cc1)C(=O)O. The van der Waals surface area contributed by atoms with E-state index in [2.05, 4.69) is 5.32 Å². The molecule has 0 spiro atoms. The minimum absolute atomic E-state index is 0.0729. The standard InChI is InChI=1S/C16H22F3NO2/c1-10(2)8-14(15(21)22)20-9-11(3)12-4-6-13(7-5-12)16(17,18)19/h4-7,10-11,14,20H,8-9H2,1-3H3,(H,21,22). The van der Waals surface area contributed by atoms with E-state index in [1.807, 2.05) is 20.8 Å². The first-order valence-electron chi connectivity index (χ1n) is 7.24. The van der Waals surface area contributed by atoms with Crippen molar-refractivity contribution in [2.75, 3.05) is 6.54 Å². The van der Waals surface area contributed by atoms with Crippen LogP contribution in [-0.2, 0) is 11.0 Å². The number of rotatable bonds is 7. The molecule has 1 aromatic carbocycles. The molecule has 0 bridgehead atoms. The average molecular weight is 317 g/mol. The number of halogens is 3. The van der Waals surface area contributed by atoms with Gasteiger partial charge in [0.2, 0.25) is 0 Å². The van der Waals surface area contributed by atoms with Crippen molar-refractivity contribution in [1.82, 2.24) is 5.32 Å². The lowest BCUT2D eigenvalue weighted by Gasteiger charge is -2.20.